The Balaban J connectivity index is 3.13. The van der Waals surface area contributed by atoms with Gasteiger partial charge >= 0.3 is 0 Å². The van der Waals surface area contributed by atoms with Gasteiger partial charge in [0.15, 0.2) is 5.78 Å². The normalized spacial score (nSPS) is 9.83. The summed E-state index contributed by atoms with van der Waals surface area (Å²) in [6.07, 6.45) is 1.86. The Hall–Kier alpha value is -0.960. The maximum atomic E-state index is 10.9. The van der Waals surface area contributed by atoms with Gasteiger partial charge in [-0.25, -0.2) is 0 Å². The number of benzene rings is 1. The number of hydrogen-bond acceptors (Lipinski definition) is 3. The molecule has 0 saturated heterocycles. The molecule has 1 rings (SSSR count). The maximum absolute atomic E-state index is 10.9. The van der Waals surface area contributed by atoms with E-state index >= 15 is 0 Å². The molecule has 0 aliphatic carbocycles. The zero-order chi connectivity index (χ0) is 9.14. The Labute approximate surface area is 75.6 Å². The third-order valence-electron chi connectivity index (χ3n) is 1.59. The molecule has 0 spiro atoms. The summed E-state index contributed by atoms with van der Waals surface area (Å²) in [5.74, 6) is 0.248. The lowest BCUT2D eigenvalue weighted by molar-refractivity contribution is 0.101. The summed E-state index contributed by atoms with van der Waals surface area (Å²) in [4.78, 5) is 11.7. The average Bonchev–Trinajstić information content (AvgIpc) is 2.05. The molecule has 0 fully saturated rings. The molecule has 0 radical (unpaired) electrons. The standard InChI is InChI=1S/C9H10O2S/c1-6(10)7-3-4-8(11)9(5-7)12-2/h3-5,11H,1-2H3. The molecule has 3 heteroatoms. The van der Waals surface area contributed by atoms with E-state index in [0.29, 0.717) is 5.56 Å². The second-order valence-electron chi connectivity index (χ2n) is 2.44. The van der Waals surface area contributed by atoms with Gasteiger partial charge in [0.25, 0.3) is 0 Å². The summed E-state index contributed by atoms with van der Waals surface area (Å²) in [5, 5.41) is 9.28. The molecular weight excluding hydrogens is 172 g/mol. The van der Waals surface area contributed by atoms with Crippen molar-refractivity contribution in [2.75, 3.05) is 6.26 Å². The number of hydrogen-bond donors (Lipinski definition) is 1. The fourth-order valence-corrected chi connectivity index (χ4v) is 1.42. The van der Waals surface area contributed by atoms with Crippen molar-refractivity contribution in [2.24, 2.45) is 0 Å². The van der Waals surface area contributed by atoms with Crippen LogP contribution in [0.1, 0.15) is 17.3 Å². The number of Topliss-reactive ketones (excluding diaryl/α,β-unsaturated/α-hetero) is 1. The first kappa shape index (κ1) is 9.13. The highest BCUT2D eigenvalue weighted by atomic mass is 32.2. The molecule has 64 valence electrons. The van der Waals surface area contributed by atoms with Crippen LogP contribution in [0.25, 0.3) is 0 Å². The van der Waals surface area contributed by atoms with Crippen LogP contribution in [0.5, 0.6) is 5.75 Å². The number of rotatable bonds is 2. The van der Waals surface area contributed by atoms with Gasteiger partial charge in [-0.3, -0.25) is 4.79 Å². The molecule has 12 heavy (non-hydrogen) atoms. The summed E-state index contributed by atoms with van der Waals surface area (Å²) >= 11 is 1.42. The Kier molecular flexibility index (Phi) is 2.76. The van der Waals surface area contributed by atoms with E-state index in [1.165, 1.54) is 18.7 Å². The van der Waals surface area contributed by atoms with Gasteiger partial charge in [0, 0.05) is 10.5 Å². The molecule has 0 heterocycles. The SMILES string of the molecule is CSc1cc(C(C)=O)ccc1O. The van der Waals surface area contributed by atoms with Crippen LogP contribution in [-0.4, -0.2) is 17.1 Å². The number of carbonyl (C=O) groups is 1. The summed E-state index contributed by atoms with van der Waals surface area (Å²) < 4.78 is 0. The molecule has 0 bridgehead atoms. The highest BCUT2D eigenvalue weighted by Gasteiger charge is 2.03. The third-order valence-corrected chi connectivity index (χ3v) is 2.35. The van der Waals surface area contributed by atoms with Crippen LogP contribution in [0.3, 0.4) is 0 Å². The Morgan fingerprint density at radius 3 is 2.67 bits per heavy atom. The molecule has 0 aromatic heterocycles. The molecule has 0 atom stereocenters. The Morgan fingerprint density at radius 2 is 2.17 bits per heavy atom. The highest BCUT2D eigenvalue weighted by molar-refractivity contribution is 7.98. The van der Waals surface area contributed by atoms with Crippen molar-refractivity contribution in [2.45, 2.75) is 11.8 Å². The second-order valence-corrected chi connectivity index (χ2v) is 3.29. The van der Waals surface area contributed by atoms with E-state index in [0.717, 1.165) is 4.90 Å². The lowest BCUT2D eigenvalue weighted by Gasteiger charge is -2.01. The number of aromatic hydroxyl groups is 1. The largest absolute Gasteiger partial charge is 0.507 e. The zero-order valence-electron chi connectivity index (χ0n) is 7.00. The van der Waals surface area contributed by atoms with Gasteiger partial charge in [-0.2, -0.15) is 0 Å². The van der Waals surface area contributed by atoms with Gasteiger partial charge in [-0.1, -0.05) is 0 Å². The molecule has 0 aliphatic heterocycles. The minimum atomic E-state index is 0.0188. The summed E-state index contributed by atoms with van der Waals surface area (Å²) in [6.45, 7) is 1.51. The predicted octanol–water partition coefficient (Wildman–Crippen LogP) is 2.32. The van der Waals surface area contributed by atoms with E-state index in [-0.39, 0.29) is 11.5 Å². The summed E-state index contributed by atoms with van der Waals surface area (Å²) in [7, 11) is 0. The van der Waals surface area contributed by atoms with E-state index in [2.05, 4.69) is 0 Å². The Bertz CT molecular complexity index is 307. The molecule has 1 aromatic carbocycles. The van der Waals surface area contributed by atoms with Gasteiger partial charge in [-0.05, 0) is 31.4 Å². The summed E-state index contributed by atoms with van der Waals surface area (Å²) in [5.41, 5.74) is 0.636. The topological polar surface area (TPSA) is 37.3 Å². The van der Waals surface area contributed by atoms with Crippen LogP contribution >= 0.6 is 11.8 Å². The molecule has 0 unspecified atom stereocenters. The van der Waals surface area contributed by atoms with Crippen molar-refractivity contribution in [1.29, 1.82) is 0 Å². The number of carbonyl (C=O) groups excluding carboxylic acids is 1. The van der Waals surface area contributed by atoms with Crippen LogP contribution in [0.4, 0.5) is 0 Å². The second kappa shape index (κ2) is 3.63. The van der Waals surface area contributed by atoms with E-state index < -0.39 is 0 Å². The molecule has 1 aromatic rings. The van der Waals surface area contributed by atoms with E-state index in [1.807, 2.05) is 6.26 Å². The lowest BCUT2D eigenvalue weighted by atomic mass is 10.1. The predicted molar refractivity (Wildman–Crippen MR) is 49.9 cm³/mol. The van der Waals surface area contributed by atoms with E-state index in [9.17, 15) is 9.90 Å². The molecule has 1 N–H and O–H groups in total. The quantitative estimate of drug-likeness (QED) is 0.563. The van der Waals surface area contributed by atoms with Crippen molar-refractivity contribution in [3.05, 3.63) is 23.8 Å². The fraction of sp³-hybridized carbons (Fsp3) is 0.222. The minimum Gasteiger partial charge on any atom is -0.507 e. The van der Waals surface area contributed by atoms with Crippen LogP contribution in [0.15, 0.2) is 23.1 Å². The zero-order valence-corrected chi connectivity index (χ0v) is 7.81. The van der Waals surface area contributed by atoms with Crippen molar-refractivity contribution < 1.29 is 9.90 Å². The van der Waals surface area contributed by atoms with Crippen molar-refractivity contribution in [1.82, 2.24) is 0 Å². The van der Waals surface area contributed by atoms with Crippen LogP contribution in [-0.2, 0) is 0 Å². The monoisotopic (exact) mass is 182 g/mol. The summed E-state index contributed by atoms with van der Waals surface area (Å²) in [6, 6.07) is 4.86. The van der Waals surface area contributed by atoms with E-state index in [4.69, 9.17) is 0 Å². The number of thioether (sulfide) groups is 1. The molecule has 0 amide bonds. The number of phenols is 1. The average molecular weight is 182 g/mol. The van der Waals surface area contributed by atoms with Gasteiger partial charge in [-0.15, -0.1) is 11.8 Å². The molecule has 0 saturated carbocycles. The van der Waals surface area contributed by atoms with Crippen molar-refractivity contribution in [3.63, 3.8) is 0 Å². The van der Waals surface area contributed by atoms with Crippen molar-refractivity contribution in [3.8, 4) is 5.75 Å². The van der Waals surface area contributed by atoms with Crippen LogP contribution in [0, 0.1) is 0 Å². The van der Waals surface area contributed by atoms with Gasteiger partial charge in [0.1, 0.15) is 5.75 Å². The maximum Gasteiger partial charge on any atom is 0.159 e. The van der Waals surface area contributed by atoms with E-state index in [1.54, 1.807) is 18.2 Å². The van der Waals surface area contributed by atoms with Crippen LogP contribution in [0.2, 0.25) is 0 Å². The Morgan fingerprint density at radius 1 is 1.50 bits per heavy atom. The number of ketones is 1. The lowest BCUT2D eigenvalue weighted by Crippen LogP contribution is -1.91. The smallest absolute Gasteiger partial charge is 0.159 e. The fourth-order valence-electron chi connectivity index (χ4n) is 0.897. The van der Waals surface area contributed by atoms with Gasteiger partial charge in [0.2, 0.25) is 0 Å². The molecule has 0 aliphatic rings. The van der Waals surface area contributed by atoms with Crippen LogP contribution < -0.4 is 0 Å². The van der Waals surface area contributed by atoms with Crippen molar-refractivity contribution >= 4 is 17.5 Å². The minimum absolute atomic E-state index is 0.0188. The molecule has 2 nitrogen and oxygen atoms in total. The van der Waals surface area contributed by atoms with Gasteiger partial charge < -0.3 is 5.11 Å². The first-order chi connectivity index (χ1) is 5.65. The highest BCUT2D eigenvalue weighted by Crippen LogP contribution is 2.27. The first-order valence-corrected chi connectivity index (χ1v) is 4.75. The number of phenolic OH excluding ortho intramolecular Hbond substituents is 1. The first-order valence-electron chi connectivity index (χ1n) is 3.53. The third kappa shape index (κ3) is 1.80. The van der Waals surface area contributed by atoms with Gasteiger partial charge in [0.05, 0.1) is 0 Å². The molecular formula is C9H10O2S.